The lowest BCUT2D eigenvalue weighted by Crippen LogP contribution is -2.47. The lowest BCUT2D eigenvalue weighted by atomic mass is 10.1. The first-order valence-corrected chi connectivity index (χ1v) is 10.7. The van der Waals surface area contributed by atoms with Gasteiger partial charge in [-0.3, -0.25) is 9.10 Å². The van der Waals surface area contributed by atoms with Crippen LogP contribution in [0.25, 0.3) is 0 Å². The molecule has 0 fully saturated rings. The van der Waals surface area contributed by atoms with E-state index in [9.17, 15) is 13.2 Å². The van der Waals surface area contributed by atoms with Gasteiger partial charge in [-0.25, -0.2) is 8.42 Å². The van der Waals surface area contributed by atoms with E-state index >= 15 is 0 Å². The second-order valence-corrected chi connectivity index (χ2v) is 8.31. The van der Waals surface area contributed by atoms with E-state index < -0.39 is 22.0 Å². The van der Waals surface area contributed by atoms with Crippen LogP contribution in [0.1, 0.15) is 13.3 Å². The maximum atomic E-state index is 12.9. The summed E-state index contributed by atoms with van der Waals surface area (Å²) in [6, 6.07) is 10.4. The summed E-state index contributed by atoms with van der Waals surface area (Å²) in [5.41, 5.74) is 0.727. The number of benzene rings is 2. The number of hydrogen-bond donors (Lipinski definition) is 1. The maximum absolute atomic E-state index is 12.9. The number of nitrogens with one attached hydrogen (secondary N) is 1. The van der Waals surface area contributed by atoms with Crippen LogP contribution in [0.2, 0.25) is 5.02 Å². The van der Waals surface area contributed by atoms with E-state index in [0.29, 0.717) is 22.2 Å². The van der Waals surface area contributed by atoms with Crippen LogP contribution in [0.3, 0.4) is 0 Å². The molecular weight excluding hydrogens is 404 g/mol. The van der Waals surface area contributed by atoms with Crippen molar-refractivity contribution in [2.24, 2.45) is 0 Å². The van der Waals surface area contributed by atoms with Crippen molar-refractivity contribution >= 4 is 38.9 Å². The molecule has 152 valence electrons. The SMILES string of the molecule is CC[C@H](C(=O)Nc1ccc(OC)cc1)N(c1cc(Cl)ccc1OC)S(C)(=O)=O. The molecule has 0 saturated carbocycles. The highest BCUT2D eigenvalue weighted by molar-refractivity contribution is 7.92. The number of anilines is 2. The number of sulfonamides is 1. The summed E-state index contributed by atoms with van der Waals surface area (Å²) in [7, 11) is -0.846. The van der Waals surface area contributed by atoms with E-state index in [2.05, 4.69) is 5.32 Å². The second-order valence-electron chi connectivity index (χ2n) is 6.02. The fraction of sp³-hybridized carbons (Fsp3) is 0.316. The van der Waals surface area contributed by atoms with Gasteiger partial charge in [-0.1, -0.05) is 18.5 Å². The van der Waals surface area contributed by atoms with Gasteiger partial charge in [0.2, 0.25) is 15.9 Å². The van der Waals surface area contributed by atoms with E-state index in [-0.39, 0.29) is 12.1 Å². The summed E-state index contributed by atoms with van der Waals surface area (Å²) < 4.78 is 36.6. The predicted octanol–water partition coefficient (Wildman–Crippen LogP) is 3.54. The molecule has 2 rings (SSSR count). The summed E-state index contributed by atoms with van der Waals surface area (Å²) in [5.74, 6) is 0.470. The quantitative estimate of drug-likeness (QED) is 0.697. The Balaban J connectivity index is 2.43. The first-order valence-electron chi connectivity index (χ1n) is 8.49. The molecule has 7 nitrogen and oxygen atoms in total. The summed E-state index contributed by atoms with van der Waals surface area (Å²) >= 11 is 6.06. The Bertz CT molecular complexity index is 932. The molecule has 1 amide bonds. The highest BCUT2D eigenvalue weighted by Crippen LogP contribution is 2.35. The molecule has 0 saturated heterocycles. The van der Waals surface area contributed by atoms with Gasteiger partial charge in [-0.05, 0) is 48.9 Å². The molecule has 1 atom stereocenters. The monoisotopic (exact) mass is 426 g/mol. The Kier molecular flexibility index (Phi) is 7.15. The highest BCUT2D eigenvalue weighted by atomic mass is 35.5. The molecule has 0 heterocycles. The number of halogens is 1. The molecule has 0 spiro atoms. The van der Waals surface area contributed by atoms with Crippen molar-refractivity contribution in [3.8, 4) is 11.5 Å². The van der Waals surface area contributed by atoms with Crippen LogP contribution in [0.4, 0.5) is 11.4 Å². The standard InChI is InChI=1S/C19H23ClN2O5S/c1-5-16(19(23)21-14-7-9-15(26-2)10-8-14)22(28(4,24)25)17-12-13(20)6-11-18(17)27-3/h6-12,16H,5H2,1-4H3,(H,21,23)/t16-/m1/s1. The zero-order chi connectivity index (χ0) is 20.9. The molecule has 2 aromatic carbocycles. The van der Waals surface area contributed by atoms with E-state index in [4.69, 9.17) is 21.1 Å². The lowest BCUT2D eigenvalue weighted by molar-refractivity contribution is -0.117. The van der Waals surface area contributed by atoms with Crippen molar-refractivity contribution in [3.63, 3.8) is 0 Å². The summed E-state index contributed by atoms with van der Waals surface area (Å²) in [5, 5.41) is 3.07. The van der Waals surface area contributed by atoms with Crippen LogP contribution in [0.5, 0.6) is 11.5 Å². The van der Waals surface area contributed by atoms with Crippen molar-refractivity contribution in [1.82, 2.24) is 0 Å². The Morgan fingerprint density at radius 1 is 1.14 bits per heavy atom. The molecule has 0 aliphatic heterocycles. The largest absolute Gasteiger partial charge is 0.497 e. The average Bonchev–Trinajstić information content (AvgIpc) is 2.65. The van der Waals surface area contributed by atoms with Crippen LogP contribution in [0, 0.1) is 0 Å². The summed E-state index contributed by atoms with van der Waals surface area (Å²) in [6.45, 7) is 1.73. The van der Waals surface area contributed by atoms with Crippen LogP contribution in [-0.2, 0) is 14.8 Å². The first kappa shape index (κ1) is 21.8. The Morgan fingerprint density at radius 2 is 1.79 bits per heavy atom. The van der Waals surface area contributed by atoms with Gasteiger partial charge in [-0.2, -0.15) is 0 Å². The van der Waals surface area contributed by atoms with Crippen LogP contribution in [-0.4, -0.2) is 40.8 Å². The van der Waals surface area contributed by atoms with Crippen molar-refractivity contribution in [1.29, 1.82) is 0 Å². The average molecular weight is 427 g/mol. The van der Waals surface area contributed by atoms with E-state index in [1.807, 2.05) is 0 Å². The molecule has 1 N–H and O–H groups in total. The fourth-order valence-corrected chi connectivity index (χ4v) is 4.14. The van der Waals surface area contributed by atoms with Crippen LogP contribution >= 0.6 is 11.6 Å². The van der Waals surface area contributed by atoms with E-state index in [1.54, 1.807) is 50.4 Å². The highest BCUT2D eigenvalue weighted by Gasteiger charge is 2.33. The normalized spacial score (nSPS) is 12.2. The number of nitrogens with zero attached hydrogens (tertiary/aromatic N) is 1. The molecule has 28 heavy (non-hydrogen) atoms. The van der Waals surface area contributed by atoms with E-state index in [1.165, 1.54) is 13.2 Å². The minimum absolute atomic E-state index is 0.203. The number of carbonyl (C=O) groups is 1. The molecule has 0 aromatic heterocycles. The van der Waals surface area contributed by atoms with Crippen molar-refractivity contribution < 1.29 is 22.7 Å². The Hall–Kier alpha value is -2.45. The fourth-order valence-electron chi connectivity index (χ4n) is 2.77. The van der Waals surface area contributed by atoms with Gasteiger partial charge in [0.25, 0.3) is 0 Å². The molecule has 0 bridgehead atoms. The smallest absolute Gasteiger partial charge is 0.248 e. The van der Waals surface area contributed by atoms with Gasteiger partial charge in [0.1, 0.15) is 17.5 Å². The minimum Gasteiger partial charge on any atom is -0.497 e. The number of amides is 1. The third-order valence-electron chi connectivity index (χ3n) is 4.07. The molecule has 0 radical (unpaired) electrons. The van der Waals surface area contributed by atoms with Gasteiger partial charge >= 0.3 is 0 Å². The van der Waals surface area contributed by atoms with Crippen LogP contribution < -0.4 is 19.1 Å². The molecular formula is C19H23ClN2O5S. The Morgan fingerprint density at radius 3 is 2.29 bits per heavy atom. The number of hydrogen-bond acceptors (Lipinski definition) is 5. The van der Waals surface area contributed by atoms with Crippen molar-refractivity contribution in [2.75, 3.05) is 30.1 Å². The van der Waals surface area contributed by atoms with E-state index in [0.717, 1.165) is 10.6 Å². The zero-order valence-electron chi connectivity index (χ0n) is 16.1. The molecule has 0 aliphatic carbocycles. The summed E-state index contributed by atoms with van der Waals surface area (Å²) in [6.07, 6.45) is 1.28. The molecule has 0 unspecified atom stereocenters. The maximum Gasteiger partial charge on any atom is 0.248 e. The number of carbonyl (C=O) groups excluding carboxylic acids is 1. The summed E-state index contributed by atoms with van der Waals surface area (Å²) in [4.78, 5) is 12.9. The Labute approximate surface area is 170 Å². The van der Waals surface area contributed by atoms with Crippen molar-refractivity contribution in [3.05, 3.63) is 47.5 Å². The topological polar surface area (TPSA) is 84.9 Å². The number of rotatable bonds is 8. The zero-order valence-corrected chi connectivity index (χ0v) is 17.7. The van der Waals surface area contributed by atoms with Crippen LogP contribution in [0.15, 0.2) is 42.5 Å². The first-order chi connectivity index (χ1) is 13.2. The minimum atomic E-state index is -3.81. The predicted molar refractivity (Wildman–Crippen MR) is 111 cm³/mol. The van der Waals surface area contributed by atoms with Gasteiger partial charge in [0.05, 0.1) is 26.2 Å². The van der Waals surface area contributed by atoms with Gasteiger partial charge < -0.3 is 14.8 Å². The van der Waals surface area contributed by atoms with Gasteiger partial charge in [0, 0.05) is 10.7 Å². The second kappa shape index (κ2) is 9.16. The van der Waals surface area contributed by atoms with Gasteiger partial charge in [0.15, 0.2) is 0 Å². The van der Waals surface area contributed by atoms with Crippen molar-refractivity contribution in [2.45, 2.75) is 19.4 Å². The third kappa shape index (κ3) is 5.08. The molecule has 9 heteroatoms. The van der Waals surface area contributed by atoms with Gasteiger partial charge in [-0.15, -0.1) is 0 Å². The number of methoxy groups -OCH3 is 2. The third-order valence-corrected chi connectivity index (χ3v) is 5.47. The molecule has 2 aromatic rings. The molecule has 0 aliphatic rings. The number of ether oxygens (including phenoxy) is 2. The lowest BCUT2D eigenvalue weighted by Gasteiger charge is -2.31.